The summed E-state index contributed by atoms with van der Waals surface area (Å²) in [5, 5.41) is 0. The summed E-state index contributed by atoms with van der Waals surface area (Å²) in [5.74, 6) is 1.26. The Hall–Kier alpha value is -15.5. The second-order valence-electron chi connectivity index (χ2n) is 42.1. The van der Waals surface area contributed by atoms with Crippen LogP contribution in [-0.4, -0.2) is 6.18 Å². The molecule has 0 heterocycles. The second kappa shape index (κ2) is 32.3. The first kappa shape index (κ1) is 87.3. The highest BCUT2D eigenvalue weighted by Gasteiger charge is 2.59. The first-order valence-corrected chi connectivity index (χ1v) is 48.9. The van der Waals surface area contributed by atoms with Crippen LogP contribution in [0, 0.1) is 0 Å². The lowest BCUT2D eigenvalue weighted by molar-refractivity contribution is -0.166. The second-order valence-corrected chi connectivity index (χ2v) is 42.1. The van der Waals surface area contributed by atoms with Crippen LogP contribution in [0.1, 0.15) is 183 Å². The molecule has 0 aliphatic heterocycles. The highest BCUT2D eigenvalue weighted by atomic mass is 19.4. The predicted octanol–water partition coefficient (Wildman–Crippen LogP) is 34.6. The molecule has 6 nitrogen and oxygen atoms in total. The van der Waals surface area contributed by atoms with Gasteiger partial charge in [0.15, 0.2) is 0 Å². The highest BCUT2D eigenvalue weighted by molar-refractivity contribution is 5.94. The van der Waals surface area contributed by atoms with Gasteiger partial charge in [0.25, 0.3) is 0 Å². The highest BCUT2D eigenvalue weighted by Crippen LogP contribution is 2.60. The molecule has 18 aromatic rings. The molecule has 0 aromatic heterocycles. The summed E-state index contributed by atoms with van der Waals surface area (Å²) >= 11 is 0. The summed E-state index contributed by atoms with van der Waals surface area (Å²) in [6.07, 6.45) is -4.90. The summed E-state index contributed by atoms with van der Waals surface area (Å²) in [4.78, 5) is 7.06. The van der Waals surface area contributed by atoms with Gasteiger partial charge in [-0.1, -0.05) is 338 Å². The van der Waals surface area contributed by atoms with E-state index in [4.69, 9.17) is 14.2 Å². The van der Waals surface area contributed by atoms with E-state index in [9.17, 15) is 0 Å². The van der Waals surface area contributed by atoms with Crippen molar-refractivity contribution in [3.05, 3.63) is 501 Å². The van der Waals surface area contributed by atoms with E-state index in [1.807, 2.05) is 0 Å². The number of nitrogens with zero attached hydrogens (tertiary/aromatic N) is 3. The Kier molecular flexibility index (Phi) is 20.2. The molecule has 0 radical (unpaired) electrons. The van der Waals surface area contributed by atoms with Crippen LogP contribution < -0.4 is 28.9 Å². The predicted molar refractivity (Wildman–Crippen MR) is 567 cm³/mol. The molecule has 9 heteroatoms. The largest absolute Gasteiger partial charge is 0.489 e. The fourth-order valence-corrected chi connectivity index (χ4v) is 24.4. The molecular formula is C131H108F3N3O3. The molecule has 0 saturated heterocycles. The van der Waals surface area contributed by atoms with Gasteiger partial charge in [-0.2, -0.15) is 13.2 Å². The molecule has 0 spiro atoms. The average Bonchev–Trinajstić information content (AvgIpc) is 1.37. The average molecular weight is 1830 g/mol. The minimum Gasteiger partial charge on any atom is -0.489 e. The van der Waals surface area contributed by atoms with Gasteiger partial charge >= 0.3 is 6.18 Å². The van der Waals surface area contributed by atoms with Crippen LogP contribution in [-0.2, 0) is 57.7 Å². The van der Waals surface area contributed by atoms with Crippen molar-refractivity contribution < 1.29 is 27.4 Å². The van der Waals surface area contributed by atoms with Crippen LogP contribution in [0.5, 0.6) is 17.2 Å². The summed E-state index contributed by atoms with van der Waals surface area (Å²) in [6, 6.07) is 138. The van der Waals surface area contributed by atoms with Gasteiger partial charge in [-0.25, -0.2) is 0 Å². The molecule has 6 aliphatic carbocycles. The summed E-state index contributed by atoms with van der Waals surface area (Å²) in [5.41, 5.74) is 38.5. The SMILES string of the molecule is CC1(C)c2ccccc2-c2ccc(N(c3ccc(COc4ccc(C(c5ccc(OCc6ccc(N(c7ccc8c(c7)C(C)(C)c7ccccc7-8)c7ccc8c(c7)C(C)(C)c7ccccc7-8)cc6)cc5)(c5ccc(OCc6ccc(N(c7ccc8c(c7)C(C)(C)c7ccccc7-8)c7ccc8c(c7)C(C)(C)c7ccccc7-8)cc6)cc5)C(F)(F)F)cc4)cc3)c3ccc4c(c3)C(C)(C)c3ccccc3-4)cc21. The molecule has 0 atom stereocenters. The lowest BCUT2D eigenvalue weighted by Gasteiger charge is -2.37. The first-order valence-electron chi connectivity index (χ1n) is 48.9. The van der Waals surface area contributed by atoms with Gasteiger partial charge in [-0.05, 0) is 312 Å². The molecule has 0 bridgehead atoms. The fourth-order valence-electron chi connectivity index (χ4n) is 24.4. The minimum atomic E-state index is -4.90. The van der Waals surface area contributed by atoms with Crippen LogP contribution in [0.2, 0.25) is 0 Å². The first-order chi connectivity index (χ1) is 67.5. The molecule has 0 saturated carbocycles. The number of anilines is 9. The Morgan fingerprint density at radius 3 is 0.529 bits per heavy atom. The smallest absolute Gasteiger partial charge is 0.406 e. The maximum absolute atomic E-state index is 17.5. The Balaban J connectivity index is 0.531. The zero-order valence-electron chi connectivity index (χ0n) is 80.9. The van der Waals surface area contributed by atoms with Gasteiger partial charge < -0.3 is 28.9 Å². The van der Waals surface area contributed by atoms with E-state index in [2.05, 4.69) is 425 Å². The van der Waals surface area contributed by atoms with Gasteiger partial charge in [-0.15, -0.1) is 0 Å². The van der Waals surface area contributed by atoms with Crippen LogP contribution in [0.4, 0.5) is 64.4 Å². The number of alkyl halides is 3. The van der Waals surface area contributed by atoms with E-state index >= 15 is 13.2 Å². The number of hydrogen-bond donors (Lipinski definition) is 0. The molecule has 686 valence electrons. The molecule has 24 rings (SSSR count). The van der Waals surface area contributed by atoms with Crippen molar-refractivity contribution >= 4 is 51.2 Å². The fraction of sp³-hybridized carbons (Fsp3) is 0.176. The standard InChI is InChI=1S/C131H108F3N3O3/c1-124(2)112-31-19-13-25-100(112)106-67-55-91(73-118(106)124)135(92-56-68-107-101-26-14-20-32-113(101)125(3,4)119(107)74-92)88-49-37-82(38-50-88)79-138-97-61-43-85(44-62-97)130(131(132,133)134,86-45-63-98(64-46-86)139-80-83-39-51-89(52-40-83)136(93-57-69-108-102-27-15-21-33-114(102)126(5,6)120(108)75-93)94-58-70-109-103-28-16-22-34-115(103)127(7,8)121(109)76-94)87-47-65-99(66-48-87)140-81-84-41-53-90(54-42-84)137(95-59-71-110-104-29-17-23-35-116(104)128(9,10)122(110)77-95)96-60-72-111-105-30-18-24-36-117(105)129(11,12)123(111)78-96/h13-78H,79-81H2,1-12H3. The summed E-state index contributed by atoms with van der Waals surface area (Å²) in [6.45, 7) is 28.3. The van der Waals surface area contributed by atoms with Crippen LogP contribution >= 0.6 is 0 Å². The Morgan fingerprint density at radius 1 is 0.186 bits per heavy atom. The number of fused-ring (bicyclic) bond motifs is 18. The van der Waals surface area contributed by atoms with Crippen LogP contribution in [0.25, 0.3) is 66.8 Å². The Labute approximate surface area is 819 Å². The zero-order valence-corrected chi connectivity index (χ0v) is 80.9. The number of hydrogen-bond acceptors (Lipinski definition) is 6. The molecule has 140 heavy (non-hydrogen) atoms. The van der Waals surface area contributed by atoms with E-state index in [-0.39, 0.29) is 69.0 Å². The molecule has 6 aliphatic rings. The van der Waals surface area contributed by atoms with Crippen molar-refractivity contribution in [1.29, 1.82) is 0 Å². The van der Waals surface area contributed by atoms with E-state index < -0.39 is 11.6 Å². The van der Waals surface area contributed by atoms with Crippen molar-refractivity contribution in [2.75, 3.05) is 14.7 Å². The maximum atomic E-state index is 17.5. The van der Waals surface area contributed by atoms with Gasteiger partial charge in [-0.3, -0.25) is 0 Å². The van der Waals surface area contributed by atoms with Crippen molar-refractivity contribution in [2.45, 2.75) is 147 Å². The van der Waals surface area contributed by atoms with Crippen molar-refractivity contribution in [3.63, 3.8) is 0 Å². The summed E-state index contributed by atoms with van der Waals surface area (Å²) < 4.78 is 72.5. The van der Waals surface area contributed by atoms with Gasteiger partial charge in [0.05, 0.1) is 0 Å². The maximum Gasteiger partial charge on any atom is 0.406 e. The van der Waals surface area contributed by atoms with E-state index in [0.29, 0.717) is 17.2 Å². The molecule has 0 amide bonds. The zero-order chi connectivity index (χ0) is 95.9. The van der Waals surface area contributed by atoms with E-state index in [1.165, 1.54) is 134 Å². The third-order valence-corrected chi connectivity index (χ3v) is 32.0. The third kappa shape index (κ3) is 13.8. The van der Waals surface area contributed by atoms with Crippen LogP contribution in [0.3, 0.4) is 0 Å². The quantitative estimate of drug-likeness (QED) is 0.0668. The Morgan fingerprint density at radius 2 is 0.350 bits per heavy atom. The number of benzene rings is 18. The molecule has 0 N–H and O–H groups in total. The van der Waals surface area contributed by atoms with Crippen molar-refractivity contribution in [2.24, 2.45) is 0 Å². The van der Waals surface area contributed by atoms with Gasteiger partial charge in [0, 0.05) is 83.7 Å². The molecule has 0 fully saturated rings. The molecule has 18 aromatic carbocycles. The van der Waals surface area contributed by atoms with Crippen LogP contribution in [0.15, 0.2) is 400 Å². The number of ether oxygens (including phenoxy) is 3. The van der Waals surface area contributed by atoms with E-state index in [1.54, 1.807) is 72.8 Å². The Bertz CT molecular complexity index is 6960. The minimum absolute atomic E-state index is 0.00910. The lowest BCUT2D eigenvalue weighted by atomic mass is 9.68. The van der Waals surface area contributed by atoms with Gasteiger partial charge in [0.2, 0.25) is 0 Å². The summed E-state index contributed by atoms with van der Waals surface area (Å²) in [7, 11) is 0. The molecular weight excluding hydrogens is 1720 g/mol. The lowest BCUT2D eigenvalue weighted by Crippen LogP contribution is -2.44. The topological polar surface area (TPSA) is 37.4 Å². The van der Waals surface area contributed by atoms with Crippen molar-refractivity contribution in [3.8, 4) is 84.0 Å². The monoisotopic (exact) mass is 1830 g/mol. The molecule has 0 unspecified atom stereocenters. The normalized spacial score (nSPS) is 15.1. The van der Waals surface area contributed by atoms with Crippen molar-refractivity contribution in [1.82, 2.24) is 0 Å². The van der Waals surface area contributed by atoms with Gasteiger partial charge in [0.1, 0.15) is 42.5 Å². The van der Waals surface area contributed by atoms with E-state index in [0.717, 1.165) is 67.9 Å². The number of halogens is 3. The third-order valence-electron chi connectivity index (χ3n) is 32.0. The number of rotatable bonds is 21.